The number of hydrogen-bond donors (Lipinski definition) is 2. The lowest BCUT2D eigenvalue weighted by atomic mass is 10.1. The molecule has 1 aromatic rings. The molecule has 1 aliphatic rings. The third-order valence-electron chi connectivity index (χ3n) is 4.17. The van der Waals surface area contributed by atoms with Crippen molar-refractivity contribution in [1.29, 1.82) is 0 Å². The Labute approximate surface area is 173 Å². The summed E-state index contributed by atoms with van der Waals surface area (Å²) in [6.07, 6.45) is 2.63. The fraction of sp³-hybridized carbons (Fsp3) is 0.579. The zero-order chi connectivity index (χ0) is 18.1. The van der Waals surface area contributed by atoms with Gasteiger partial charge in [0.1, 0.15) is 0 Å². The molecule has 2 rings (SSSR count). The first-order valence-corrected chi connectivity index (χ1v) is 9.00. The van der Waals surface area contributed by atoms with Gasteiger partial charge in [0.2, 0.25) is 0 Å². The SMILES string of the molecule is CCNC(=O)c1cccc(CNC(=NC)N(C)CCOCC2CC2)c1.I. The molecule has 1 aliphatic carbocycles. The zero-order valence-electron chi connectivity index (χ0n) is 16.0. The Morgan fingerprint density at radius 3 is 2.77 bits per heavy atom. The minimum Gasteiger partial charge on any atom is -0.379 e. The maximum Gasteiger partial charge on any atom is 0.251 e. The van der Waals surface area contributed by atoms with Crippen molar-refractivity contribution in [2.45, 2.75) is 26.3 Å². The van der Waals surface area contributed by atoms with E-state index in [-0.39, 0.29) is 29.9 Å². The molecule has 7 heteroatoms. The van der Waals surface area contributed by atoms with Crippen LogP contribution in [0.4, 0.5) is 0 Å². The molecule has 0 aliphatic heterocycles. The van der Waals surface area contributed by atoms with Gasteiger partial charge in [-0.1, -0.05) is 12.1 Å². The summed E-state index contributed by atoms with van der Waals surface area (Å²) in [5, 5.41) is 6.15. The lowest BCUT2D eigenvalue weighted by molar-refractivity contribution is 0.0955. The summed E-state index contributed by atoms with van der Waals surface area (Å²) in [6, 6.07) is 7.64. The van der Waals surface area contributed by atoms with Crippen LogP contribution in [0.5, 0.6) is 0 Å². The molecular formula is C19H31IN4O2. The van der Waals surface area contributed by atoms with Crippen LogP contribution in [0.3, 0.4) is 0 Å². The molecule has 0 aromatic heterocycles. The van der Waals surface area contributed by atoms with Crippen LogP contribution < -0.4 is 10.6 Å². The van der Waals surface area contributed by atoms with Crippen LogP contribution in [-0.4, -0.2) is 57.2 Å². The van der Waals surface area contributed by atoms with E-state index in [0.29, 0.717) is 25.3 Å². The Balaban J connectivity index is 0.00000338. The topological polar surface area (TPSA) is 66.0 Å². The number of ether oxygens (including phenoxy) is 1. The van der Waals surface area contributed by atoms with Crippen LogP contribution in [0.1, 0.15) is 35.7 Å². The van der Waals surface area contributed by atoms with E-state index < -0.39 is 0 Å². The smallest absolute Gasteiger partial charge is 0.251 e. The molecule has 1 fully saturated rings. The Hall–Kier alpha value is -1.35. The first-order valence-electron chi connectivity index (χ1n) is 9.00. The number of amides is 1. The molecule has 1 saturated carbocycles. The van der Waals surface area contributed by atoms with Gasteiger partial charge in [-0.3, -0.25) is 9.79 Å². The molecule has 0 heterocycles. The minimum atomic E-state index is -0.0429. The highest BCUT2D eigenvalue weighted by Gasteiger charge is 2.21. The van der Waals surface area contributed by atoms with Crippen molar-refractivity contribution in [1.82, 2.24) is 15.5 Å². The van der Waals surface area contributed by atoms with E-state index in [1.165, 1.54) is 12.8 Å². The molecule has 1 aromatic carbocycles. The van der Waals surface area contributed by atoms with Gasteiger partial charge in [0.15, 0.2) is 5.96 Å². The van der Waals surface area contributed by atoms with Crippen LogP contribution in [-0.2, 0) is 11.3 Å². The van der Waals surface area contributed by atoms with Gasteiger partial charge in [0.05, 0.1) is 6.61 Å². The van der Waals surface area contributed by atoms with E-state index in [9.17, 15) is 4.79 Å². The molecular weight excluding hydrogens is 443 g/mol. The maximum absolute atomic E-state index is 11.9. The van der Waals surface area contributed by atoms with Crippen molar-refractivity contribution < 1.29 is 9.53 Å². The van der Waals surface area contributed by atoms with E-state index in [0.717, 1.165) is 30.6 Å². The standard InChI is InChI=1S/C19H30N4O2.HI/c1-4-21-18(24)17-7-5-6-16(12-17)13-22-19(20-2)23(3)10-11-25-14-15-8-9-15;/h5-7,12,15H,4,8-11,13-14H2,1-3H3,(H,20,22)(H,21,24);1H. The molecule has 1 amide bonds. The van der Waals surface area contributed by atoms with Gasteiger partial charge in [0.25, 0.3) is 5.91 Å². The molecule has 0 bridgehead atoms. The first-order chi connectivity index (χ1) is 12.1. The monoisotopic (exact) mass is 474 g/mol. The van der Waals surface area contributed by atoms with Gasteiger partial charge in [-0.05, 0) is 43.4 Å². The van der Waals surface area contributed by atoms with Gasteiger partial charge in [0, 0.05) is 45.9 Å². The highest BCUT2D eigenvalue weighted by Crippen LogP contribution is 2.28. The fourth-order valence-corrected chi connectivity index (χ4v) is 2.49. The van der Waals surface area contributed by atoms with Crippen molar-refractivity contribution in [3.63, 3.8) is 0 Å². The number of halogens is 1. The normalized spacial score (nSPS) is 13.7. The number of hydrogen-bond acceptors (Lipinski definition) is 3. The summed E-state index contributed by atoms with van der Waals surface area (Å²) < 4.78 is 5.68. The Kier molecular flexibility index (Phi) is 10.6. The van der Waals surface area contributed by atoms with Crippen LogP contribution in [0.2, 0.25) is 0 Å². The van der Waals surface area contributed by atoms with E-state index in [1.54, 1.807) is 7.05 Å². The summed E-state index contributed by atoms with van der Waals surface area (Å²) in [6.45, 7) is 5.55. The molecule has 6 nitrogen and oxygen atoms in total. The Bertz CT molecular complexity index is 591. The summed E-state index contributed by atoms with van der Waals surface area (Å²) in [5.74, 6) is 1.57. The number of guanidine groups is 1. The second-order valence-corrected chi connectivity index (χ2v) is 6.40. The van der Waals surface area contributed by atoms with Crippen LogP contribution >= 0.6 is 24.0 Å². The molecule has 26 heavy (non-hydrogen) atoms. The third-order valence-corrected chi connectivity index (χ3v) is 4.17. The van der Waals surface area contributed by atoms with Crippen molar-refractivity contribution >= 4 is 35.8 Å². The number of rotatable bonds is 9. The van der Waals surface area contributed by atoms with Crippen LogP contribution in [0, 0.1) is 5.92 Å². The van der Waals surface area contributed by atoms with Gasteiger partial charge < -0.3 is 20.3 Å². The predicted octanol–water partition coefficient (Wildman–Crippen LogP) is 2.49. The maximum atomic E-state index is 11.9. The lowest BCUT2D eigenvalue weighted by Gasteiger charge is -2.22. The van der Waals surface area contributed by atoms with E-state index in [2.05, 4.69) is 20.5 Å². The largest absolute Gasteiger partial charge is 0.379 e. The molecule has 0 atom stereocenters. The number of carbonyl (C=O) groups excluding carboxylic acids is 1. The van der Waals surface area contributed by atoms with E-state index in [1.807, 2.05) is 38.2 Å². The number of carbonyl (C=O) groups is 1. The predicted molar refractivity (Wildman–Crippen MR) is 116 cm³/mol. The molecule has 146 valence electrons. The zero-order valence-corrected chi connectivity index (χ0v) is 18.3. The summed E-state index contributed by atoms with van der Waals surface area (Å²) in [4.78, 5) is 18.3. The second-order valence-electron chi connectivity index (χ2n) is 6.40. The fourth-order valence-electron chi connectivity index (χ4n) is 2.49. The van der Waals surface area contributed by atoms with E-state index in [4.69, 9.17) is 4.74 Å². The van der Waals surface area contributed by atoms with Crippen molar-refractivity contribution in [2.75, 3.05) is 40.4 Å². The summed E-state index contributed by atoms with van der Waals surface area (Å²) in [5.41, 5.74) is 1.72. The average Bonchev–Trinajstić information content (AvgIpc) is 3.44. The number of nitrogens with one attached hydrogen (secondary N) is 2. The highest BCUT2D eigenvalue weighted by atomic mass is 127. The lowest BCUT2D eigenvalue weighted by Crippen LogP contribution is -2.40. The quantitative estimate of drug-likeness (QED) is 0.250. The minimum absolute atomic E-state index is 0. The average molecular weight is 474 g/mol. The van der Waals surface area contributed by atoms with Gasteiger partial charge in [-0.15, -0.1) is 24.0 Å². The number of likely N-dealkylation sites (N-methyl/N-ethyl adjacent to an activating group) is 1. The van der Waals surface area contributed by atoms with Crippen LogP contribution in [0.25, 0.3) is 0 Å². The van der Waals surface area contributed by atoms with Crippen LogP contribution in [0.15, 0.2) is 29.3 Å². The number of aliphatic imine (C=N–C) groups is 1. The summed E-state index contributed by atoms with van der Waals surface area (Å²) >= 11 is 0. The second kappa shape index (κ2) is 12.1. The molecule has 0 saturated heterocycles. The van der Waals surface area contributed by atoms with E-state index >= 15 is 0 Å². The molecule has 0 radical (unpaired) electrons. The molecule has 0 unspecified atom stereocenters. The van der Waals surface area contributed by atoms with Gasteiger partial charge >= 0.3 is 0 Å². The molecule has 0 spiro atoms. The summed E-state index contributed by atoms with van der Waals surface area (Å²) in [7, 11) is 3.77. The first kappa shape index (κ1) is 22.7. The molecule has 2 N–H and O–H groups in total. The Morgan fingerprint density at radius 2 is 2.12 bits per heavy atom. The van der Waals surface area contributed by atoms with Crippen molar-refractivity contribution in [2.24, 2.45) is 10.9 Å². The van der Waals surface area contributed by atoms with Crippen molar-refractivity contribution in [3.8, 4) is 0 Å². The highest BCUT2D eigenvalue weighted by molar-refractivity contribution is 14.0. The Morgan fingerprint density at radius 1 is 1.35 bits per heavy atom. The van der Waals surface area contributed by atoms with Gasteiger partial charge in [-0.2, -0.15) is 0 Å². The number of benzene rings is 1. The van der Waals surface area contributed by atoms with Gasteiger partial charge in [-0.25, -0.2) is 0 Å². The number of nitrogens with zero attached hydrogens (tertiary/aromatic N) is 2. The van der Waals surface area contributed by atoms with Crippen molar-refractivity contribution in [3.05, 3.63) is 35.4 Å². The third kappa shape index (κ3) is 7.90.